The van der Waals surface area contributed by atoms with Crippen molar-refractivity contribution in [2.45, 2.75) is 19.8 Å². The third kappa shape index (κ3) is 3.45. The second-order valence-corrected chi connectivity index (χ2v) is 5.99. The van der Waals surface area contributed by atoms with Gasteiger partial charge in [-0.3, -0.25) is 4.79 Å². The van der Waals surface area contributed by atoms with E-state index in [9.17, 15) is 13.6 Å². The molecule has 0 atom stereocenters. The van der Waals surface area contributed by atoms with Gasteiger partial charge in [-0.2, -0.15) is 0 Å². The van der Waals surface area contributed by atoms with E-state index in [1.165, 1.54) is 17.4 Å². The molecule has 0 unspecified atom stereocenters. The zero-order valence-corrected chi connectivity index (χ0v) is 12.4. The van der Waals surface area contributed by atoms with Crippen LogP contribution in [0.1, 0.15) is 16.3 Å². The van der Waals surface area contributed by atoms with Gasteiger partial charge in [-0.05, 0) is 35.0 Å². The zero-order valence-electron chi connectivity index (χ0n) is 10.0. The van der Waals surface area contributed by atoms with Crippen molar-refractivity contribution in [1.82, 2.24) is 4.98 Å². The second-order valence-electron chi connectivity index (χ2n) is 4.07. The van der Waals surface area contributed by atoms with Crippen LogP contribution in [0.2, 0.25) is 0 Å². The van der Waals surface area contributed by atoms with Crippen molar-refractivity contribution in [2.24, 2.45) is 0 Å². The van der Waals surface area contributed by atoms with Crippen molar-refractivity contribution in [3.63, 3.8) is 0 Å². The van der Waals surface area contributed by atoms with Crippen LogP contribution in [0, 0.1) is 18.6 Å². The Morgan fingerprint density at radius 3 is 2.74 bits per heavy atom. The number of Topliss-reactive ketones (excluding diaryl/α,β-unsaturated/α-hetero) is 1. The van der Waals surface area contributed by atoms with E-state index < -0.39 is 11.6 Å². The number of rotatable bonds is 4. The SMILES string of the molecule is Cc1nc(CC(=O)Cc2c(F)ccc(Br)c2F)cs1. The molecule has 6 heteroatoms. The first kappa shape index (κ1) is 14.3. The van der Waals surface area contributed by atoms with Crippen molar-refractivity contribution in [1.29, 1.82) is 0 Å². The molecule has 0 spiro atoms. The lowest BCUT2D eigenvalue weighted by Crippen LogP contribution is -2.10. The lowest BCUT2D eigenvalue weighted by atomic mass is 10.0. The summed E-state index contributed by atoms with van der Waals surface area (Å²) in [4.78, 5) is 16.0. The van der Waals surface area contributed by atoms with Gasteiger partial charge >= 0.3 is 0 Å². The van der Waals surface area contributed by atoms with E-state index in [1.54, 1.807) is 5.38 Å². The minimum absolute atomic E-state index is 0.0930. The largest absolute Gasteiger partial charge is 0.299 e. The molecule has 1 aromatic carbocycles. The molecular formula is C13H10BrF2NOS. The lowest BCUT2D eigenvalue weighted by Gasteiger charge is -2.05. The van der Waals surface area contributed by atoms with Gasteiger partial charge in [0, 0.05) is 23.8 Å². The van der Waals surface area contributed by atoms with E-state index in [-0.39, 0.29) is 28.7 Å². The molecule has 0 fully saturated rings. The average Bonchev–Trinajstić information content (AvgIpc) is 2.75. The number of aryl methyl sites for hydroxylation is 1. The second kappa shape index (κ2) is 5.88. The predicted molar refractivity (Wildman–Crippen MR) is 73.3 cm³/mol. The first-order valence-electron chi connectivity index (χ1n) is 5.52. The highest BCUT2D eigenvalue weighted by molar-refractivity contribution is 9.10. The summed E-state index contributed by atoms with van der Waals surface area (Å²) in [6, 6.07) is 2.42. The molecule has 100 valence electrons. The number of ketones is 1. The van der Waals surface area contributed by atoms with Gasteiger partial charge in [0.1, 0.15) is 17.4 Å². The Balaban J connectivity index is 2.13. The third-order valence-electron chi connectivity index (χ3n) is 2.56. The zero-order chi connectivity index (χ0) is 14.0. The Kier molecular flexibility index (Phi) is 4.42. The Morgan fingerprint density at radius 2 is 2.11 bits per heavy atom. The molecule has 0 aliphatic heterocycles. The number of halogens is 3. The minimum atomic E-state index is -0.720. The Labute approximate surface area is 121 Å². The first-order valence-corrected chi connectivity index (χ1v) is 7.19. The van der Waals surface area contributed by atoms with E-state index in [0.717, 1.165) is 11.1 Å². The van der Waals surface area contributed by atoms with Crippen LogP contribution in [0.25, 0.3) is 0 Å². The van der Waals surface area contributed by atoms with Gasteiger partial charge in [-0.1, -0.05) is 0 Å². The molecule has 0 N–H and O–H groups in total. The normalized spacial score (nSPS) is 10.7. The predicted octanol–water partition coefficient (Wildman–Crippen LogP) is 3.85. The monoisotopic (exact) mass is 345 g/mol. The molecule has 1 aromatic heterocycles. The average molecular weight is 346 g/mol. The van der Waals surface area contributed by atoms with Gasteiger partial charge in [0.2, 0.25) is 0 Å². The number of thiazole rings is 1. The molecule has 0 aliphatic carbocycles. The van der Waals surface area contributed by atoms with E-state index in [0.29, 0.717) is 5.69 Å². The van der Waals surface area contributed by atoms with Crippen molar-refractivity contribution in [3.05, 3.63) is 49.9 Å². The van der Waals surface area contributed by atoms with Crippen LogP contribution in [0.5, 0.6) is 0 Å². The summed E-state index contributed by atoms with van der Waals surface area (Å²) >= 11 is 4.42. The molecule has 2 aromatic rings. The van der Waals surface area contributed by atoms with Gasteiger partial charge in [-0.15, -0.1) is 11.3 Å². The highest BCUT2D eigenvalue weighted by atomic mass is 79.9. The van der Waals surface area contributed by atoms with E-state index in [1.807, 2.05) is 6.92 Å². The summed E-state index contributed by atoms with van der Waals surface area (Å²) in [7, 11) is 0. The van der Waals surface area contributed by atoms with Crippen molar-refractivity contribution in [2.75, 3.05) is 0 Å². The fraction of sp³-hybridized carbons (Fsp3) is 0.231. The summed E-state index contributed by atoms with van der Waals surface area (Å²) < 4.78 is 27.4. The number of hydrogen-bond acceptors (Lipinski definition) is 3. The Bertz CT molecular complexity index is 627. The number of benzene rings is 1. The molecule has 1 heterocycles. The van der Waals surface area contributed by atoms with Gasteiger partial charge < -0.3 is 0 Å². The number of carbonyl (C=O) groups excluding carboxylic acids is 1. The van der Waals surface area contributed by atoms with Crippen LogP contribution in [0.4, 0.5) is 8.78 Å². The Hall–Kier alpha value is -1.14. The maximum atomic E-state index is 13.7. The van der Waals surface area contributed by atoms with Crippen molar-refractivity contribution < 1.29 is 13.6 Å². The molecule has 0 saturated heterocycles. The standard InChI is InChI=1S/C13H10BrF2NOS/c1-7-17-8(6-19-7)4-9(18)5-10-12(15)3-2-11(14)13(10)16/h2-3,6H,4-5H2,1H3. The molecule has 0 saturated carbocycles. The van der Waals surface area contributed by atoms with Crippen LogP contribution in [-0.4, -0.2) is 10.8 Å². The smallest absolute Gasteiger partial charge is 0.143 e. The quantitative estimate of drug-likeness (QED) is 0.788. The van der Waals surface area contributed by atoms with Gasteiger partial charge in [0.25, 0.3) is 0 Å². The summed E-state index contributed by atoms with van der Waals surface area (Å²) in [6.45, 7) is 1.84. The molecule has 2 rings (SSSR count). The van der Waals surface area contributed by atoms with Crippen LogP contribution < -0.4 is 0 Å². The van der Waals surface area contributed by atoms with Gasteiger partial charge in [-0.25, -0.2) is 13.8 Å². The summed E-state index contributed by atoms with van der Waals surface area (Å²) in [5.74, 6) is -1.69. The molecule has 0 amide bonds. The highest BCUT2D eigenvalue weighted by Crippen LogP contribution is 2.22. The number of nitrogens with zero attached hydrogens (tertiary/aromatic N) is 1. The molecule has 0 radical (unpaired) electrons. The van der Waals surface area contributed by atoms with Crippen molar-refractivity contribution in [3.8, 4) is 0 Å². The van der Waals surface area contributed by atoms with E-state index >= 15 is 0 Å². The van der Waals surface area contributed by atoms with Gasteiger partial charge in [0.05, 0.1) is 15.2 Å². The topological polar surface area (TPSA) is 30.0 Å². The highest BCUT2D eigenvalue weighted by Gasteiger charge is 2.16. The Morgan fingerprint density at radius 1 is 1.37 bits per heavy atom. The van der Waals surface area contributed by atoms with Gasteiger partial charge in [0.15, 0.2) is 0 Å². The van der Waals surface area contributed by atoms with Crippen molar-refractivity contribution >= 4 is 33.0 Å². The van der Waals surface area contributed by atoms with Crippen LogP contribution in [0.15, 0.2) is 22.0 Å². The van der Waals surface area contributed by atoms with Crippen LogP contribution >= 0.6 is 27.3 Å². The summed E-state index contributed by atoms with van der Waals surface area (Å²) in [5, 5.41) is 2.64. The lowest BCUT2D eigenvalue weighted by molar-refractivity contribution is -0.117. The summed E-state index contributed by atoms with van der Waals surface area (Å²) in [6.07, 6.45) is -0.177. The van der Waals surface area contributed by atoms with Crippen LogP contribution in [0.3, 0.4) is 0 Å². The molecule has 2 nitrogen and oxygen atoms in total. The fourth-order valence-electron chi connectivity index (χ4n) is 1.68. The fourth-order valence-corrected chi connectivity index (χ4v) is 2.67. The first-order chi connectivity index (χ1) is 8.97. The maximum absolute atomic E-state index is 13.7. The number of carbonyl (C=O) groups is 1. The number of hydrogen-bond donors (Lipinski definition) is 0. The molecule has 19 heavy (non-hydrogen) atoms. The van der Waals surface area contributed by atoms with E-state index in [4.69, 9.17) is 0 Å². The third-order valence-corrected chi connectivity index (χ3v) is 3.99. The minimum Gasteiger partial charge on any atom is -0.299 e. The summed E-state index contributed by atoms with van der Waals surface area (Å²) in [5.41, 5.74) is 0.439. The molecule has 0 aliphatic rings. The molecular weight excluding hydrogens is 336 g/mol. The maximum Gasteiger partial charge on any atom is 0.143 e. The number of aromatic nitrogens is 1. The van der Waals surface area contributed by atoms with E-state index in [2.05, 4.69) is 20.9 Å². The molecule has 0 bridgehead atoms. The van der Waals surface area contributed by atoms with Crippen LogP contribution in [-0.2, 0) is 17.6 Å².